The van der Waals surface area contributed by atoms with E-state index in [-0.39, 0.29) is 6.04 Å². The smallest absolute Gasteiger partial charge is 0.341 e. The Morgan fingerprint density at radius 3 is 2.60 bits per heavy atom. The van der Waals surface area contributed by atoms with Gasteiger partial charge in [-0.25, -0.2) is 4.79 Å². The molecule has 2 N–H and O–H groups in total. The number of aromatic nitrogens is 1. The van der Waals surface area contributed by atoms with E-state index >= 15 is 0 Å². The first-order valence-electron chi connectivity index (χ1n) is 6.39. The van der Waals surface area contributed by atoms with E-state index in [1.54, 1.807) is 12.1 Å². The molecule has 0 bridgehead atoms. The van der Waals surface area contributed by atoms with Gasteiger partial charge in [-0.15, -0.1) is 0 Å². The predicted octanol–water partition coefficient (Wildman–Crippen LogP) is 2.41. The van der Waals surface area contributed by atoms with Crippen molar-refractivity contribution in [3.63, 3.8) is 0 Å². The van der Waals surface area contributed by atoms with Crippen molar-refractivity contribution in [2.24, 2.45) is 4.99 Å². The SMILES string of the molecule is CC(C)NC(=O)/N=c1\ccn(O)c(-c2ccccc2)c1. The lowest BCUT2D eigenvalue weighted by molar-refractivity contribution is 0.189. The van der Waals surface area contributed by atoms with Crippen LogP contribution >= 0.6 is 0 Å². The van der Waals surface area contributed by atoms with E-state index in [1.807, 2.05) is 44.2 Å². The Labute approximate surface area is 117 Å². The lowest BCUT2D eigenvalue weighted by Gasteiger charge is -2.07. The van der Waals surface area contributed by atoms with Gasteiger partial charge in [-0.1, -0.05) is 30.3 Å². The second-order valence-electron chi connectivity index (χ2n) is 4.70. The minimum atomic E-state index is -0.394. The fraction of sp³-hybridized carbons (Fsp3) is 0.200. The molecule has 0 aliphatic rings. The van der Waals surface area contributed by atoms with Gasteiger partial charge in [0.1, 0.15) is 0 Å². The second-order valence-corrected chi connectivity index (χ2v) is 4.70. The normalized spacial score (nSPS) is 11.7. The highest BCUT2D eigenvalue weighted by atomic mass is 16.5. The molecule has 0 saturated carbocycles. The Morgan fingerprint density at radius 1 is 1.25 bits per heavy atom. The van der Waals surface area contributed by atoms with Gasteiger partial charge >= 0.3 is 6.03 Å². The van der Waals surface area contributed by atoms with Crippen LogP contribution in [-0.2, 0) is 0 Å². The van der Waals surface area contributed by atoms with Crippen molar-refractivity contribution in [1.82, 2.24) is 10.0 Å². The van der Waals surface area contributed by atoms with Gasteiger partial charge in [-0.05, 0) is 26.0 Å². The molecular formula is C15H17N3O2. The molecule has 2 rings (SSSR count). The van der Waals surface area contributed by atoms with Crippen LogP contribution in [0.25, 0.3) is 11.3 Å². The van der Waals surface area contributed by atoms with Crippen LogP contribution in [0.2, 0.25) is 0 Å². The van der Waals surface area contributed by atoms with Crippen molar-refractivity contribution in [2.45, 2.75) is 19.9 Å². The molecule has 5 heteroatoms. The van der Waals surface area contributed by atoms with E-state index in [9.17, 15) is 10.0 Å². The Kier molecular flexibility index (Phi) is 4.20. The number of carbonyl (C=O) groups is 1. The zero-order valence-electron chi connectivity index (χ0n) is 11.4. The van der Waals surface area contributed by atoms with Gasteiger partial charge in [0, 0.05) is 17.8 Å². The number of carbonyl (C=O) groups excluding carboxylic acids is 1. The zero-order valence-corrected chi connectivity index (χ0v) is 11.4. The Bertz CT molecular complexity index is 660. The second kappa shape index (κ2) is 6.06. The number of hydrogen-bond acceptors (Lipinski definition) is 2. The van der Waals surface area contributed by atoms with E-state index in [1.165, 1.54) is 6.20 Å². The summed E-state index contributed by atoms with van der Waals surface area (Å²) >= 11 is 0. The molecule has 1 heterocycles. The maximum Gasteiger partial charge on any atom is 0.341 e. The molecule has 0 fully saturated rings. The number of benzene rings is 1. The van der Waals surface area contributed by atoms with Crippen LogP contribution in [0.4, 0.5) is 4.79 Å². The van der Waals surface area contributed by atoms with Crippen LogP contribution < -0.4 is 10.7 Å². The van der Waals surface area contributed by atoms with Gasteiger partial charge in [0.25, 0.3) is 0 Å². The number of nitrogens with one attached hydrogen (secondary N) is 1. The van der Waals surface area contributed by atoms with Gasteiger partial charge in [0.2, 0.25) is 0 Å². The first-order valence-corrected chi connectivity index (χ1v) is 6.39. The molecule has 20 heavy (non-hydrogen) atoms. The fourth-order valence-electron chi connectivity index (χ4n) is 1.77. The lowest BCUT2D eigenvalue weighted by atomic mass is 10.1. The van der Waals surface area contributed by atoms with Crippen molar-refractivity contribution in [1.29, 1.82) is 0 Å². The average molecular weight is 271 g/mol. The minimum absolute atomic E-state index is 0.0336. The Hall–Kier alpha value is -2.56. The third kappa shape index (κ3) is 3.47. The molecule has 0 aliphatic heterocycles. The maximum atomic E-state index is 11.6. The molecular weight excluding hydrogens is 254 g/mol. The summed E-state index contributed by atoms with van der Waals surface area (Å²) in [5.41, 5.74) is 1.42. The molecule has 0 aliphatic carbocycles. The molecule has 0 atom stereocenters. The summed E-state index contributed by atoms with van der Waals surface area (Å²) in [5, 5.41) is 13.0. The van der Waals surface area contributed by atoms with Crippen molar-refractivity contribution >= 4 is 6.03 Å². The molecule has 0 unspecified atom stereocenters. The van der Waals surface area contributed by atoms with E-state index in [2.05, 4.69) is 10.3 Å². The van der Waals surface area contributed by atoms with Gasteiger partial charge in [0.15, 0.2) is 0 Å². The third-order valence-corrected chi connectivity index (χ3v) is 2.63. The summed E-state index contributed by atoms with van der Waals surface area (Å²) in [6.45, 7) is 3.74. The first kappa shape index (κ1) is 13.9. The van der Waals surface area contributed by atoms with E-state index in [4.69, 9.17) is 0 Å². The van der Waals surface area contributed by atoms with Gasteiger partial charge in [-0.3, -0.25) is 0 Å². The summed E-state index contributed by atoms with van der Waals surface area (Å²) in [6.07, 6.45) is 1.46. The highest BCUT2D eigenvalue weighted by molar-refractivity contribution is 5.75. The van der Waals surface area contributed by atoms with E-state index in [0.29, 0.717) is 11.1 Å². The van der Waals surface area contributed by atoms with Crippen LogP contribution in [0, 0.1) is 0 Å². The molecule has 104 valence electrons. The van der Waals surface area contributed by atoms with Gasteiger partial charge in [0.05, 0.1) is 11.1 Å². The van der Waals surface area contributed by atoms with Gasteiger partial charge in [-0.2, -0.15) is 9.72 Å². The number of amides is 2. The van der Waals surface area contributed by atoms with Gasteiger partial charge < -0.3 is 10.5 Å². The predicted molar refractivity (Wildman–Crippen MR) is 76.3 cm³/mol. The van der Waals surface area contributed by atoms with Crippen molar-refractivity contribution < 1.29 is 10.0 Å². The highest BCUT2D eigenvalue weighted by Gasteiger charge is 2.03. The minimum Gasteiger partial charge on any atom is -0.428 e. The topological polar surface area (TPSA) is 66.6 Å². The zero-order chi connectivity index (χ0) is 14.5. The van der Waals surface area contributed by atoms with E-state index in [0.717, 1.165) is 10.3 Å². The van der Waals surface area contributed by atoms with Crippen LogP contribution in [0.3, 0.4) is 0 Å². The van der Waals surface area contributed by atoms with Crippen molar-refractivity contribution in [3.8, 4) is 11.3 Å². The maximum absolute atomic E-state index is 11.6. The van der Waals surface area contributed by atoms with Crippen LogP contribution in [-0.4, -0.2) is 22.0 Å². The Morgan fingerprint density at radius 2 is 1.95 bits per heavy atom. The van der Waals surface area contributed by atoms with Crippen molar-refractivity contribution in [3.05, 3.63) is 54.0 Å². The molecule has 2 aromatic rings. The number of nitrogens with zero attached hydrogens (tertiary/aromatic N) is 2. The molecule has 0 saturated heterocycles. The highest BCUT2D eigenvalue weighted by Crippen LogP contribution is 2.15. The average Bonchev–Trinajstić information content (AvgIpc) is 2.41. The quantitative estimate of drug-likeness (QED) is 0.824. The molecule has 0 spiro atoms. The Balaban J connectivity index is 2.39. The number of rotatable bonds is 2. The van der Waals surface area contributed by atoms with Crippen LogP contribution in [0.5, 0.6) is 0 Å². The monoisotopic (exact) mass is 271 g/mol. The lowest BCUT2D eigenvalue weighted by Crippen LogP contribution is -2.28. The summed E-state index contributed by atoms with van der Waals surface area (Å²) in [7, 11) is 0. The summed E-state index contributed by atoms with van der Waals surface area (Å²) in [6, 6.07) is 12.3. The standard InChI is InChI=1S/C15H17N3O2/c1-11(2)16-15(19)17-13-8-9-18(20)14(10-13)12-6-4-3-5-7-12/h3-11,20H,1-2H3,(H,16,19)/b17-13+. The number of pyridine rings is 1. The largest absolute Gasteiger partial charge is 0.428 e. The third-order valence-electron chi connectivity index (χ3n) is 2.63. The number of urea groups is 1. The summed E-state index contributed by atoms with van der Waals surface area (Å²) < 4.78 is 1.01. The summed E-state index contributed by atoms with van der Waals surface area (Å²) in [4.78, 5) is 15.6. The fourth-order valence-corrected chi connectivity index (χ4v) is 1.77. The molecule has 2 amide bonds. The molecule has 1 aromatic heterocycles. The first-order chi connectivity index (χ1) is 9.56. The number of hydrogen-bond donors (Lipinski definition) is 2. The molecule has 0 radical (unpaired) electrons. The van der Waals surface area contributed by atoms with Crippen molar-refractivity contribution in [2.75, 3.05) is 0 Å². The summed E-state index contributed by atoms with van der Waals surface area (Å²) in [5.74, 6) is 0. The molecule has 1 aromatic carbocycles. The van der Waals surface area contributed by atoms with E-state index < -0.39 is 6.03 Å². The van der Waals surface area contributed by atoms with Crippen LogP contribution in [0.1, 0.15) is 13.8 Å². The van der Waals surface area contributed by atoms with Crippen LogP contribution in [0.15, 0.2) is 53.7 Å². The molecule has 5 nitrogen and oxygen atoms in total.